The van der Waals surface area contributed by atoms with E-state index in [1.54, 1.807) is 12.3 Å². The van der Waals surface area contributed by atoms with Gasteiger partial charge in [0.2, 0.25) is 10.0 Å². The van der Waals surface area contributed by atoms with Crippen LogP contribution >= 0.6 is 22.7 Å². The van der Waals surface area contributed by atoms with Gasteiger partial charge in [-0.25, -0.2) is 18.1 Å². The first kappa shape index (κ1) is 15.6. The normalized spacial score (nSPS) is 11.8. The number of nitrogens with zero attached hydrogens (tertiary/aromatic N) is 1. The van der Waals surface area contributed by atoms with E-state index >= 15 is 0 Å². The molecule has 0 radical (unpaired) electrons. The van der Waals surface area contributed by atoms with Crippen LogP contribution in [0.5, 0.6) is 0 Å². The van der Waals surface area contributed by atoms with Crippen molar-refractivity contribution < 1.29 is 8.42 Å². The zero-order chi connectivity index (χ0) is 14.4. The lowest BCUT2D eigenvalue weighted by Gasteiger charge is -2.03. The fourth-order valence-corrected chi connectivity index (χ4v) is 4.61. The zero-order valence-electron chi connectivity index (χ0n) is 11.1. The van der Waals surface area contributed by atoms with Crippen molar-refractivity contribution in [2.45, 2.75) is 24.1 Å². The van der Waals surface area contributed by atoms with E-state index in [-0.39, 0.29) is 0 Å². The molecule has 0 spiro atoms. The average molecular weight is 331 g/mol. The van der Waals surface area contributed by atoms with Gasteiger partial charge in [-0.15, -0.1) is 22.7 Å². The van der Waals surface area contributed by atoms with E-state index in [0.29, 0.717) is 23.7 Å². The first-order valence-electron chi connectivity index (χ1n) is 6.29. The Balaban J connectivity index is 1.90. The molecule has 20 heavy (non-hydrogen) atoms. The molecule has 0 unspecified atom stereocenters. The largest absolute Gasteiger partial charge is 0.312 e. The summed E-state index contributed by atoms with van der Waals surface area (Å²) in [6.45, 7) is 3.96. The molecule has 0 fully saturated rings. The number of thiazole rings is 1. The summed E-state index contributed by atoms with van der Waals surface area (Å²) in [7, 11) is -3.40. The van der Waals surface area contributed by atoms with Gasteiger partial charge in [-0.1, -0.05) is 6.92 Å². The summed E-state index contributed by atoms with van der Waals surface area (Å²) < 4.78 is 27.2. The Labute approximate surface area is 127 Å². The van der Waals surface area contributed by atoms with Crippen LogP contribution in [0.25, 0.3) is 0 Å². The third-order valence-corrected chi connectivity index (χ3v) is 6.44. The van der Waals surface area contributed by atoms with E-state index in [0.717, 1.165) is 16.4 Å². The fourth-order valence-electron chi connectivity index (χ4n) is 1.59. The van der Waals surface area contributed by atoms with Crippen molar-refractivity contribution in [1.29, 1.82) is 0 Å². The Morgan fingerprint density at radius 2 is 2.20 bits per heavy atom. The van der Waals surface area contributed by atoms with Crippen LogP contribution < -0.4 is 10.0 Å². The van der Waals surface area contributed by atoms with Gasteiger partial charge in [-0.3, -0.25) is 0 Å². The number of rotatable bonds is 8. The second kappa shape index (κ2) is 7.28. The summed E-state index contributed by atoms with van der Waals surface area (Å²) in [4.78, 5) is 5.14. The van der Waals surface area contributed by atoms with Crippen LogP contribution in [0.2, 0.25) is 0 Å². The summed E-state index contributed by atoms with van der Waals surface area (Å²) >= 11 is 2.83. The zero-order valence-corrected chi connectivity index (χ0v) is 13.6. The van der Waals surface area contributed by atoms with Gasteiger partial charge >= 0.3 is 0 Å². The summed E-state index contributed by atoms with van der Waals surface area (Å²) in [5, 5.41) is 6.00. The van der Waals surface area contributed by atoms with E-state index < -0.39 is 10.0 Å². The number of hydrogen-bond donors (Lipinski definition) is 2. The lowest BCUT2D eigenvalue weighted by molar-refractivity contribution is 0.583. The maximum absolute atomic E-state index is 12.1. The maximum Gasteiger partial charge on any atom is 0.250 e. The van der Waals surface area contributed by atoms with E-state index in [9.17, 15) is 8.42 Å². The molecule has 0 aliphatic carbocycles. The molecule has 0 atom stereocenters. The van der Waals surface area contributed by atoms with Crippen LogP contribution in [-0.4, -0.2) is 26.5 Å². The molecule has 8 heteroatoms. The number of sulfonamides is 1. The van der Waals surface area contributed by atoms with Gasteiger partial charge < -0.3 is 5.32 Å². The van der Waals surface area contributed by atoms with Crippen LogP contribution in [0.15, 0.2) is 27.9 Å². The summed E-state index contributed by atoms with van der Waals surface area (Å²) in [6, 6.07) is 3.51. The minimum absolute atomic E-state index is 0.365. The first-order valence-corrected chi connectivity index (χ1v) is 9.47. The third-order valence-electron chi connectivity index (χ3n) is 2.57. The highest BCUT2D eigenvalue weighted by Crippen LogP contribution is 2.21. The van der Waals surface area contributed by atoms with Gasteiger partial charge in [0.25, 0.3) is 0 Å². The van der Waals surface area contributed by atoms with Gasteiger partial charge in [0.15, 0.2) is 0 Å². The molecule has 0 aromatic carbocycles. The molecule has 110 valence electrons. The molecular weight excluding hydrogens is 314 g/mol. The maximum atomic E-state index is 12.1. The van der Waals surface area contributed by atoms with E-state index in [1.807, 2.05) is 18.4 Å². The molecule has 2 aromatic rings. The topological polar surface area (TPSA) is 71.1 Å². The molecule has 0 amide bonds. The Morgan fingerprint density at radius 3 is 2.90 bits per heavy atom. The van der Waals surface area contributed by atoms with Crippen LogP contribution in [0.4, 0.5) is 0 Å². The molecule has 2 rings (SSSR count). The average Bonchev–Trinajstić information content (AvgIpc) is 3.07. The quantitative estimate of drug-likeness (QED) is 0.774. The molecule has 2 N–H and O–H groups in total. The molecule has 2 aromatic heterocycles. The summed E-state index contributed by atoms with van der Waals surface area (Å²) in [5.74, 6) is 0. The highest BCUT2D eigenvalue weighted by Gasteiger charge is 2.16. The Morgan fingerprint density at radius 1 is 1.35 bits per heavy atom. The Hall–Kier alpha value is -0.800. The number of aromatic nitrogens is 1. The standard InChI is InChI=1S/C12H17N3O2S3/c1-2-13-9-10-3-4-12(19-10)20(16,17)15-6-5-11-14-7-8-18-11/h3-4,7-8,13,15H,2,5-6,9H2,1H3. The fraction of sp³-hybridized carbons (Fsp3) is 0.417. The van der Waals surface area contributed by atoms with Crippen LogP contribution in [0.1, 0.15) is 16.8 Å². The second-order valence-corrected chi connectivity index (χ2v) is 8.22. The summed E-state index contributed by atoms with van der Waals surface area (Å²) in [5.41, 5.74) is 0. The lowest BCUT2D eigenvalue weighted by atomic mass is 10.4. The molecule has 0 aliphatic heterocycles. The Bertz CT molecular complexity index is 620. The molecule has 5 nitrogen and oxygen atoms in total. The van der Waals surface area contributed by atoms with Crippen molar-refractivity contribution in [3.8, 4) is 0 Å². The molecule has 0 bridgehead atoms. The van der Waals surface area contributed by atoms with Gasteiger partial charge in [-0.05, 0) is 18.7 Å². The van der Waals surface area contributed by atoms with Crippen molar-refractivity contribution in [3.63, 3.8) is 0 Å². The van der Waals surface area contributed by atoms with Crippen molar-refractivity contribution in [2.24, 2.45) is 0 Å². The number of nitrogens with one attached hydrogen (secondary N) is 2. The molecule has 0 aliphatic rings. The van der Waals surface area contributed by atoms with Crippen molar-refractivity contribution >= 4 is 32.7 Å². The number of hydrogen-bond acceptors (Lipinski definition) is 6. The monoisotopic (exact) mass is 331 g/mol. The SMILES string of the molecule is CCNCc1ccc(S(=O)(=O)NCCc2nccs2)s1. The highest BCUT2D eigenvalue weighted by atomic mass is 32.2. The predicted molar refractivity (Wildman–Crippen MR) is 82.7 cm³/mol. The Kier molecular flexibility index (Phi) is 5.67. The van der Waals surface area contributed by atoms with Crippen LogP contribution in [0.3, 0.4) is 0 Å². The van der Waals surface area contributed by atoms with E-state index in [1.165, 1.54) is 22.7 Å². The van der Waals surface area contributed by atoms with Crippen LogP contribution in [0, 0.1) is 0 Å². The molecule has 0 saturated heterocycles. The molecule has 2 heterocycles. The first-order chi connectivity index (χ1) is 9.62. The van der Waals surface area contributed by atoms with Crippen LogP contribution in [-0.2, 0) is 23.0 Å². The minimum atomic E-state index is -3.40. The minimum Gasteiger partial charge on any atom is -0.312 e. The number of thiophene rings is 1. The highest BCUT2D eigenvalue weighted by molar-refractivity contribution is 7.91. The van der Waals surface area contributed by atoms with Crippen molar-refractivity contribution in [1.82, 2.24) is 15.0 Å². The smallest absolute Gasteiger partial charge is 0.250 e. The lowest BCUT2D eigenvalue weighted by Crippen LogP contribution is -2.25. The summed E-state index contributed by atoms with van der Waals surface area (Å²) in [6.07, 6.45) is 2.34. The predicted octanol–water partition coefficient (Wildman–Crippen LogP) is 1.84. The molecular formula is C12H17N3O2S3. The van der Waals surface area contributed by atoms with Crippen molar-refractivity contribution in [3.05, 3.63) is 33.6 Å². The van der Waals surface area contributed by atoms with Gasteiger partial charge in [-0.2, -0.15) is 0 Å². The van der Waals surface area contributed by atoms with Gasteiger partial charge in [0.1, 0.15) is 4.21 Å². The van der Waals surface area contributed by atoms with E-state index in [4.69, 9.17) is 0 Å². The van der Waals surface area contributed by atoms with Gasteiger partial charge in [0.05, 0.1) is 5.01 Å². The third kappa shape index (κ3) is 4.35. The van der Waals surface area contributed by atoms with Crippen molar-refractivity contribution in [2.75, 3.05) is 13.1 Å². The second-order valence-electron chi connectivity index (χ2n) is 4.07. The van der Waals surface area contributed by atoms with E-state index in [2.05, 4.69) is 15.0 Å². The van der Waals surface area contributed by atoms with Gasteiger partial charge in [0, 0.05) is 36.0 Å². The molecule has 0 saturated carbocycles.